The Hall–Kier alpha value is -1.13. The van der Waals surface area contributed by atoms with Gasteiger partial charge in [0.1, 0.15) is 0 Å². The summed E-state index contributed by atoms with van der Waals surface area (Å²) in [7, 11) is 0. The largest absolute Gasteiger partial charge is 0.350 e. The number of amides is 1. The minimum atomic E-state index is 0.0216. The van der Waals surface area contributed by atoms with Gasteiger partial charge in [-0.3, -0.25) is 4.79 Å². The van der Waals surface area contributed by atoms with Crippen molar-refractivity contribution < 1.29 is 4.79 Å². The molecule has 1 heterocycles. The molecule has 1 aromatic rings. The lowest BCUT2D eigenvalue weighted by molar-refractivity contribution is -0.120. The van der Waals surface area contributed by atoms with E-state index in [9.17, 15) is 4.79 Å². The van der Waals surface area contributed by atoms with E-state index in [4.69, 9.17) is 0 Å². The Bertz CT molecular complexity index is 347. The van der Waals surface area contributed by atoms with Crippen LogP contribution in [0.25, 0.3) is 0 Å². The second-order valence-electron chi connectivity index (χ2n) is 3.42. The van der Waals surface area contributed by atoms with Gasteiger partial charge in [-0.2, -0.15) is 0 Å². The van der Waals surface area contributed by atoms with E-state index in [-0.39, 0.29) is 5.91 Å². The van der Waals surface area contributed by atoms with Crippen LogP contribution in [-0.2, 0) is 17.8 Å². The summed E-state index contributed by atoms with van der Waals surface area (Å²) in [6.07, 6.45) is 2.79. The molecule has 0 aliphatic carbocycles. The van der Waals surface area contributed by atoms with Crippen LogP contribution in [0.4, 0.5) is 0 Å². The van der Waals surface area contributed by atoms with Crippen molar-refractivity contribution in [3.63, 3.8) is 0 Å². The van der Waals surface area contributed by atoms with E-state index < -0.39 is 0 Å². The Kier molecular flexibility index (Phi) is 5.82. The Morgan fingerprint density at radius 3 is 2.88 bits per heavy atom. The first-order valence-electron chi connectivity index (χ1n) is 5.42. The number of hydrogen-bond donors (Lipinski definition) is 2. The van der Waals surface area contributed by atoms with Crippen molar-refractivity contribution in [2.75, 3.05) is 13.1 Å². The van der Waals surface area contributed by atoms with E-state index in [2.05, 4.69) is 36.3 Å². The normalized spacial score (nSPS) is 10.1. The van der Waals surface area contributed by atoms with E-state index >= 15 is 0 Å². The molecule has 88 valence electrons. The molecule has 1 amide bonds. The van der Waals surface area contributed by atoms with Gasteiger partial charge in [-0.1, -0.05) is 13.0 Å². The monoisotopic (exact) mass is 238 g/mol. The molecule has 0 aromatic carbocycles. The Labute approximate surface area is 101 Å². The van der Waals surface area contributed by atoms with Gasteiger partial charge >= 0.3 is 0 Å². The molecule has 4 heteroatoms. The zero-order valence-electron chi connectivity index (χ0n) is 9.58. The molecule has 0 radical (unpaired) electrons. The highest BCUT2D eigenvalue weighted by Gasteiger charge is 2.02. The summed E-state index contributed by atoms with van der Waals surface area (Å²) in [6, 6.07) is 4.18. The van der Waals surface area contributed by atoms with Gasteiger partial charge < -0.3 is 10.6 Å². The van der Waals surface area contributed by atoms with Crippen LogP contribution in [0.15, 0.2) is 24.8 Å². The fourth-order valence-corrected chi connectivity index (χ4v) is 2.14. The first kappa shape index (κ1) is 12.9. The van der Waals surface area contributed by atoms with Crippen LogP contribution in [0.1, 0.15) is 16.7 Å². The fourth-order valence-electron chi connectivity index (χ4n) is 1.24. The van der Waals surface area contributed by atoms with Gasteiger partial charge in [-0.25, -0.2) is 0 Å². The second kappa shape index (κ2) is 7.19. The average molecular weight is 238 g/mol. The molecule has 0 atom stereocenters. The maximum absolute atomic E-state index is 11.4. The molecule has 0 aliphatic rings. The Morgan fingerprint density at radius 1 is 1.50 bits per heavy atom. The first-order chi connectivity index (χ1) is 7.76. The summed E-state index contributed by atoms with van der Waals surface area (Å²) in [5.41, 5.74) is 0. The maximum Gasteiger partial charge on any atom is 0.234 e. The molecule has 1 aromatic heterocycles. The quantitative estimate of drug-likeness (QED) is 0.561. The third kappa shape index (κ3) is 4.59. The molecule has 0 unspecified atom stereocenters. The van der Waals surface area contributed by atoms with E-state index in [1.807, 2.05) is 0 Å². The summed E-state index contributed by atoms with van der Waals surface area (Å²) in [4.78, 5) is 13.9. The lowest BCUT2D eigenvalue weighted by Crippen LogP contribution is -2.33. The van der Waals surface area contributed by atoms with Crippen molar-refractivity contribution in [3.05, 3.63) is 34.5 Å². The zero-order valence-corrected chi connectivity index (χ0v) is 10.4. The number of thiophene rings is 1. The van der Waals surface area contributed by atoms with Gasteiger partial charge in [-0.05, 0) is 18.6 Å². The molecule has 2 N–H and O–H groups in total. The number of carbonyl (C=O) groups excluding carboxylic acids is 1. The molecule has 0 bridgehead atoms. The summed E-state index contributed by atoms with van der Waals surface area (Å²) >= 11 is 1.75. The smallest absolute Gasteiger partial charge is 0.234 e. The SMILES string of the molecule is C=CCNCC(=O)NCc1ccc(CC)s1. The molecule has 0 spiro atoms. The first-order valence-corrected chi connectivity index (χ1v) is 6.23. The highest BCUT2D eigenvalue weighted by molar-refractivity contribution is 7.11. The van der Waals surface area contributed by atoms with Crippen LogP contribution < -0.4 is 10.6 Å². The number of carbonyl (C=O) groups is 1. The number of aryl methyl sites for hydroxylation is 1. The summed E-state index contributed by atoms with van der Waals surface area (Å²) in [5.74, 6) is 0.0216. The van der Waals surface area contributed by atoms with Gasteiger partial charge in [0.2, 0.25) is 5.91 Å². The third-order valence-corrected chi connectivity index (χ3v) is 3.33. The maximum atomic E-state index is 11.4. The van der Waals surface area contributed by atoms with Crippen LogP contribution in [0.2, 0.25) is 0 Å². The van der Waals surface area contributed by atoms with Crippen molar-refractivity contribution in [1.82, 2.24) is 10.6 Å². The fraction of sp³-hybridized carbons (Fsp3) is 0.417. The molecule has 0 fully saturated rings. The van der Waals surface area contributed by atoms with Crippen LogP contribution in [0.3, 0.4) is 0 Å². The number of nitrogens with one attached hydrogen (secondary N) is 2. The standard InChI is InChI=1S/C12H18N2OS/c1-3-7-13-9-12(15)14-8-11-6-5-10(4-2)16-11/h3,5-6,13H,1,4,7-9H2,2H3,(H,14,15). The number of rotatable bonds is 7. The highest BCUT2D eigenvalue weighted by Crippen LogP contribution is 2.16. The van der Waals surface area contributed by atoms with Crippen molar-refractivity contribution in [2.45, 2.75) is 19.9 Å². The van der Waals surface area contributed by atoms with Crippen molar-refractivity contribution in [2.24, 2.45) is 0 Å². The van der Waals surface area contributed by atoms with E-state index in [1.54, 1.807) is 17.4 Å². The van der Waals surface area contributed by atoms with E-state index in [0.717, 1.165) is 6.42 Å². The van der Waals surface area contributed by atoms with Crippen LogP contribution >= 0.6 is 11.3 Å². The van der Waals surface area contributed by atoms with Crippen LogP contribution in [-0.4, -0.2) is 19.0 Å². The Morgan fingerprint density at radius 2 is 2.25 bits per heavy atom. The predicted molar refractivity (Wildman–Crippen MR) is 68.6 cm³/mol. The molecule has 3 nitrogen and oxygen atoms in total. The lowest BCUT2D eigenvalue weighted by Gasteiger charge is -2.03. The molecule has 0 saturated carbocycles. The molecular weight excluding hydrogens is 220 g/mol. The highest BCUT2D eigenvalue weighted by atomic mass is 32.1. The van der Waals surface area contributed by atoms with E-state index in [1.165, 1.54) is 9.75 Å². The summed E-state index contributed by atoms with van der Waals surface area (Å²) < 4.78 is 0. The minimum Gasteiger partial charge on any atom is -0.350 e. The van der Waals surface area contributed by atoms with Gasteiger partial charge in [-0.15, -0.1) is 17.9 Å². The lowest BCUT2D eigenvalue weighted by atomic mass is 10.3. The van der Waals surface area contributed by atoms with Crippen LogP contribution in [0.5, 0.6) is 0 Å². The summed E-state index contributed by atoms with van der Waals surface area (Å²) in [5, 5.41) is 5.83. The second-order valence-corrected chi connectivity index (χ2v) is 4.67. The minimum absolute atomic E-state index is 0.0216. The summed E-state index contributed by atoms with van der Waals surface area (Å²) in [6.45, 7) is 7.33. The molecule has 1 rings (SSSR count). The van der Waals surface area contributed by atoms with E-state index in [0.29, 0.717) is 19.6 Å². The van der Waals surface area contributed by atoms with Crippen molar-refractivity contribution >= 4 is 17.2 Å². The Balaban J connectivity index is 2.23. The predicted octanol–water partition coefficient (Wildman–Crippen LogP) is 1.70. The third-order valence-electron chi connectivity index (χ3n) is 2.10. The van der Waals surface area contributed by atoms with Gasteiger partial charge in [0.05, 0.1) is 13.1 Å². The average Bonchev–Trinajstić information content (AvgIpc) is 2.74. The van der Waals surface area contributed by atoms with Gasteiger partial charge in [0, 0.05) is 16.3 Å². The molecule has 0 saturated heterocycles. The van der Waals surface area contributed by atoms with Crippen molar-refractivity contribution in [3.8, 4) is 0 Å². The van der Waals surface area contributed by atoms with Crippen LogP contribution in [0, 0.1) is 0 Å². The zero-order chi connectivity index (χ0) is 11.8. The molecule has 16 heavy (non-hydrogen) atoms. The van der Waals surface area contributed by atoms with Gasteiger partial charge in [0.25, 0.3) is 0 Å². The number of hydrogen-bond acceptors (Lipinski definition) is 3. The van der Waals surface area contributed by atoms with Crippen molar-refractivity contribution in [1.29, 1.82) is 0 Å². The van der Waals surface area contributed by atoms with Gasteiger partial charge in [0.15, 0.2) is 0 Å². The topological polar surface area (TPSA) is 41.1 Å². The molecule has 0 aliphatic heterocycles. The molecular formula is C12H18N2OS.